The zero-order valence-corrected chi connectivity index (χ0v) is 10.6. The number of rotatable bonds is 4. The largest absolute Gasteiger partial charge is 0.395 e. The average Bonchev–Trinajstić information content (AvgIpc) is 3.28. The Hall–Kier alpha value is -1.94. The molecule has 0 unspecified atom stereocenters. The normalized spacial score (nSPS) is 14.6. The number of carbonyl (C=O) groups is 1. The van der Waals surface area contributed by atoms with E-state index in [1.54, 1.807) is 11.1 Å². The van der Waals surface area contributed by atoms with Crippen molar-refractivity contribution in [2.45, 2.75) is 18.9 Å². The summed E-state index contributed by atoms with van der Waals surface area (Å²) >= 11 is 0. The summed E-state index contributed by atoms with van der Waals surface area (Å²) in [6, 6.07) is 9.64. The number of aromatic nitrogens is 1. The first-order valence-electron chi connectivity index (χ1n) is 6.57. The van der Waals surface area contributed by atoms with Crippen LogP contribution in [0.5, 0.6) is 0 Å². The van der Waals surface area contributed by atoms with Crippen molar-refractivity contribution in [1.29, 1.82) is 0 Å². The van der Waals surface area contributed by atoms with Crippen molar-refractivity contribution in [2.75, 3.05) is 13.2 Å². The number of hydrogen-bond acceptors (Lipinski definition) is 3. The maximum absolute atomic E-state index is 12.6. The van der Waals surface area contributed by atoms with Crippen LogP contribution in [0.1, 0.15) is 23.2 Å². The first-order valence-corrected chi connectivity index (χ1v) is 6.57. The van der Waals surface area contributed by atoms with E-state index in [0.29, 0.717) is 18.2 Å². The molecule has 1 fully saturated rings. The zero-order chi connectivity index (χ0) is 13.2. The molecule has 4 nitrogen and oxygen atoms in total. The van der Waals surface area contributed by atoms with Gasteiger partial charge in [-0.3, -0.25) is 9.78 Å². The second-order valence-electron chi connectivity index (χ2n) is 4.83. The van der Waals surface area contributed by atoms with Gasteiger partial charge in [-0.05, 0) is 31.0 Å². The first kappa shape index (κ1) is 12.1. The van der Waals surface area contributed by atoms with Crippen molar-refractivity contribution in [2.24, 2.45) is 0 Å². The predicted molar refractivity (Wildman–Crippen MR) is 72.9 cm³/mol. The molecular formula is C15H16N2O2. The van der Waals surface area contributed by atoms with Gasteiger partial charge < -0.3 is 10.0 Å². The molecule has 1 aromatic carbocycles. The minimum Gasteiger partial charge on any atom is -0.395 e. The summed E-state index contributed by atoms with van der Waals surface area (Å²) in [5, 5.41) is 9.99. The minimum absolute atomic E-state index is 0.00449. The van der Waals surface area contributed by atoms with Gasteiger partial charge in [-0.25, -0.2) is 0 Å². The lowest BCUT2D eigenvalue weighted by Crippen LogP contribution is -2.35. The minimum atomic E-state index is -0.00449. The van der Waals surface area contributed by atoms with Gasteiger partial charge in [-0.1, -0.05) is 12.1 Å². The molecule has 1 saturated carbocycles. The van der Waals surface area contributed by atoms with E-state index in [0.717, 1.165) is 23.7 Å². The fourth-order valence-electron chi connectivity index (χ4n) is 2.39. The van der Waals surface area contributed by atoms with Crippen molar-refractivity contribution >= 4 is 16.8 Å². The van der Waals surface area contributed by atoms with Crippen molar-refractivity contribution in [3.05, 3.63) is 42.1 Å². The smallest absolute Gasteiger partial charge is 0.254 e. The summed E-state index contributed by atoms with van der Waals surface area (Å²) < 4.78 is 0. The molecule has 1 aliphatic carbocycles. The van der Waals surface area contributed by atoms with Crippen LogP contribution in [-0.2, 0) is 0 Å². The van der Waals surface area contributed by atoms with E-state index < -0.39 is 0 Å². The third-order valence-corrected chi connectivity index (χ3v) is 3.47. The molecule has 2 aromatic rings. The summed E-state index contributed by atoms with van der Waals surface area (Å²) in [6.45, 7) is 0.408. The highest BCUT2D eigenvalue weighted by Crippen LogP contribution is 2.29. The monoisotopic (exact) mass is 256 g/mol. The van der Waals surface area contributed by atoms with Crippen LogP contribution in [0.4, 0.5) is 0 Å². The molecule has 0 bridgehead atoms. The fraction of sp³-hybridized carbons (Fsp3) is 0.333. The number of aliphatic hydroxyl groups excluding tert-OH is 1. The number of hydrogen-bond donors (Lipinski definition) is 1. The molecule has 1 aliphatic rings. The Labute approximate surface area is 111 Å². The van der Waals surface area contributed by atoms with Gasteiger partial charge >= 0.3 is 0 Å². The van der Waals surface area contributed by atoms with E-state index >= 15 is 0 Å². The van der Waals surface area contributed by atoms with Crippen molar-refractivity contribution in [3.63, 3.8) is 0 Å². The molecule has 98 valence electrons. The predicted octanol–water partition coefficient (Wildman–Crippen LogP) is 1.83. The number of fused-ring (bicyclic) bond motifs is 1. The van der Waals surface area contributed by atoms with Gasteiger partial charge in [0.25, 0.3) is 5.91 Å². The second kappa shape index (κ2) is 4.97. The number of benzene rings is 1. The van der Waals surface area contributed by atoms with Crippen LogP contribution in [0.2, 0.25) is 0 Å². The third-order valence-electron chi connectivity index (χ3n) is 3.47. The van der Waals surface area contributed by atoms with E-state index in [2.05, 4.69) is 4.98 Å². The molecular weight excluding hydrogens is 240 g/mol. The molecule has 4 heteroatoms. The summed E-state index contributed by atoms with van der Waals surface area (Å²) in [5.41, 5.74) is 1.50. The van der Waals surface area contributed by atoms with Crippen LogP contribution in [0.25, 0.3) is 10.9 Å². The van der Waals surface area contributed by atoms with Crippen LogP contribution in [-0.4, -0.2) is 40.1 Å². The quantitative estimate of drug-likeness (QED) is 0.908. The van der Waals surface area contributed by atoms with Gasteiger partial charge in [0.05, 0.1) is 12.1 Å². The zero-order valence-electron chi connectivity index (χ0n) is 10.6. The van der Waals surface area contributed by atoms with E-state index in [1.807, 2.05) is 30.3 Å². The van der Waals surface area contributed by atoms with Crippen LogP contribution < -0.4 is 0 Å². The lowest BCUT2D eigenvalue weighted by Gasteiger charge is -2.22. The van der Waals surface area contributed by atoms with Crippen molar-refractivity contribution in [3.8, 4) is 0 Å². The Balaban J connectivity index is 2.00. The Bertz CT molecular complexity index is 603. The van der Waals surface area contributed by atoms with E-state index in [-0.39, 0.29) is 12.5 Å². The van der Waals surface area contributed by atoms with Crippen LogP contribution in [0.15, 0.2) is 36.5 Å². The van der Waals surface area contributed by atoms with E-state index in [9.17, 15) is 4.79 Å². The number of carbonyl (C=O) groups excluding carboxylic acids is 1. The number of aliphatic hydroxyl groups is 1. The summed E-state index contributed by atoms with van der Waals surface area (Å²) in [7, 11) is 0. The van der Waals surface area contributed by atoms with Gasteiger partial charge in [0.1, 0.15) is 0 Å². The molecule has 0 radical (unpaired) electrons. The van der Waals surface area contributed by atoms with Crippen LogP contribution in [0, 0.1) is 0 Å². The summed E-state index contributed by atoms with van der Waals surface area (Å²) in [5.74, 6) is -0.00449. The maximum Gasteiger partial charge on any atom is 0.254 e. The molecule has 0 aliphatic heterocycles. The Morgan fingerprint density at radius 2 is 2.16 bits per heavy atom. The number of amides is 1. The van der Waals surface area contributed by atoms with Gasteiger partial charge in [-0.15, -0.1) is 0 Å². The second-order valence-corrected chi connectivity index (χ2v) is 4.83. The number of pyridine rings is 1. The SMILES string of the molecule is O=C(c1cccc2ncccc12)N(CCO)C1CC1. The highest BCUT2D eigenvalue weighted by molar-refractivity contribution is 6.06. The van der Waals surface area contributed by atoms with E-state index in [1.165, 1.54) is 0 Å². The fourth-order valence-corrected chi connectivity index (χ4v) is 2.39. The molecule has 19 heavy (non-hydrogen) atoms. The molecule has 1 amide bonds. The molecule has 1 aromatic heterocycles. The van der Waals surface area contributed by atoms with Crippen molar-refractivity contribution in [1.82, 2.24) is 9.88 Å². The van der Waals surface area contributed by atoms with Crippen LogP contribution >= 0.6 is 0 Å². The topological polar surface area (TPSA) is 53.4 Å². The Morgan fingerprint density at radius 1 is 1.32 bits per heavy atom. The molecule has 0 spiro atoms. The standard InChI is InChI=1S/C15H16N2O2/c18-10-9-17(11-6-7-11)15(19)13-3-1-5-14-12(13)4-2-8-16-14/h1-5,8,11,18H,6-7,9-10H2. The molecule has 3 rings (SSSR count). The number of nitrogens with zero attached hydrogens (tertiary/aromatic N) is 2. The maximum atomic E-state index is 12.6. The lowest BCUT2D eigenvalue weighted by atomic mass is 10.1. The van der Waals surface area contributed by atoms with E-state index in [4.69, 9.17) is 5.11 Å². The summed E-state index contributed by atoms with van der Waals surface area (Å²) in [4.78, 5) is 18.7. The molecule has 1 heterocycles. The Morgan fingerprint density at radius 3 is 2.89 bits per heavy atom. The van der Waals surface area contributed by atoms with Gasteiger partial charge in [0.15, 0.2) is 0 Å². The van der Waals surface area contributed by atoms with Gasteiger partial charge in [-0.2, -0.15) is 0 Å². The van der Waals surface area contributed by atoms with Crippen LogP contribution in [0.3, 0.4) is 0 Å². The first-order chi connectivity index (χ1) is 9.31. The molecule has 0 atom stereocenters. The molecule has 0 saturated heterocycles. The van der Waals surface area contributed by atoms with Crippen molar-refractivity contribution < 1.29 is 9.90 Å². The highest BCUT2D eigenvalue weighted by atomic mass is 16.3. The average molecular weight is 256 g/mol. The highest BCUT2D eigenvalue weighted by Gasteiger charge is 2.33. The summed E-state index contributed by atoms with van der Waals surface area (Å²) in [6.07, 6.45) is 3.80. The third kappa shape index (κ3) is 2.31. The molecule has 1 N–H and O–H groups in total. The Kier molecular flexibility index (Phi) is 3.17. The van der Waals surface area contributed by atoms with Gasteiger partial charge in [0.2, 0.25) is 0 Å². The lowest BCUT2D eigenvalue weighted by molar-refractivity contribution is 0.0709. The van der Waals surface area contributed by atoms with Gasteiger partial charge in [0, 0.05) is 29.7 Å².